The van der Waals surface area contributed by atoms with Crippen molar-refractivity contribution in [3.8, 4) is 11.5 Å². The summed E-state index contributed by atoms with van der Waals surface area (Å²) in [6.45, 7) is 1.92. The molecule has 0 saturated heterocycles. The Morgan fingerprint density at radius 1 is 1.05 bits per heavy atom. The fourth-order valence-corrected chi connectivity index (χ4v) is 3.03. The summed E-state index contributed by atoms with van der Waals surface area (Å²) >= 11 is 6.22. The number of ether oxygens (including phenoxy) is 1. The third-order valence-corrected chi connectivity index (χ3v) is 4.10. The van der Waals surface area contributed by atoms with Crippen LogP contribution in [-0.2, 0) is 12.8 Å². The van der Waals surface area contributed by atoms with Crippen molar-refractivity contribution < 1.29 is 4.74 Å². The number of rotatable bonds is 3. The first-order valence-electron chi connectivity index (χ1n) is 6.98. The van der Waals surface area contributed by atoms with Gasteiger partial charge in [0.05, 0.1) is 0 Å². The maximum absolute atomic E-state index is 6.22. The van der Waals surface area contributed by atoms with Gasteiger partial charge in [0.1, 0.15) is 11.5 Å². The molecule has 2 N–H and O–H groups in total. The molecule has 3 heteroatoms. The number of aryl methyl sites for hydroxylation is 2. The van der Waals surface area contributed by atoms with Crippen LogP contribution in [0.5, 0.6) is 11.5 Å². The molecule has 1 atom stereocenters. The number of hydrogen-bond acceptors (Lipinski definition) is 2. The number of nitrogens with two attached hydrogens (primary N) is 1. The summed E-state index contributed by atoms with van der Waals surface area (Å²) in [4.78, 5) is 0. The average molecular weight is 288 g/mol. The smallest absolute Gasteiger partial charge is 0.128 e. The van der Waals surface area contributed by atoms with Crippen LogP contribution >= 0.6 is 11.6 Å². The van der Waals surface area contributed by atoms with E-state index in [9.17, 15) is 0 Å². The highest BCUT2D eigenvalue weighted by molar-refractivity contribution is 6.31. The third-order valence-electron chi connectivity index (χ3n) is 3.77. The van der Waals surface area contributed by atoms with Crippen LogP contribution in [0, 0.1) is 0 Å². The Labute approximate surface area is 124 Å². The molecule has 0 aromatic heterocycles. The molecule has 20 heavy (non-hydrogen) atoms. The van der Waals surface area contributed by atoms with Gasteiger partial charge in [-0.3, -0.25) is 0 Å². The van der Waals surface area contributed by atoms with Crippen molar-refractivity contribution in [3.05, 3.63) is 58.1 Å². The molecule has 0 radical (unpaired) electrons. The van der Waals surface area contributed by atoms with E-state index in [1.807, 2.05) is 31.2 Å². The van der Waals surface area contributed by atoms with E-state index in [1.54, 1.807) is 0 Å². The largest absolute Gasteiger partial charge is 0.457 e. The van der Waals surface area contributed by atoms with Crippen molar-refractivity contribution >= 4 is 11.6 Å². The van der Waals surface area contributed by atoms with Gasteiger partial charge in [-0.15, -0.1) is 0 Å². The molecule has 1 aliphatic carbocycles. The van der Waals surface area contributed by atoms with Crippen molar-refractivity contribution in [3.63, 3.8) is 0 Å². The second kappa shape index (κ2) is 5.47. The monoisotopic (exact) mass is 287 g/mol. The fourth-order valence-electron chi connectivity index (χ4n) is 2.69. The highest BCUT2D eigenvalue weighted by atomic mass is 35.5. The SMILES string of the molecule is CC(N)c1ccc(Oc2ccc3c(c2)CCC3)cc1Cl. The van der Waals surface area contributed by atoms with E-state index in [-0.39, 0.29) is 6.04 Å². The van der Waals surface area contributed by atoms with E-state index in [0.29, 0.717) is 5.02 Å². The molecule has 2 nitrogen and oxygen atoms in total. The minimum absolute atomic E-state index is 0.0726. The first kappa shape index (κ1) is 13.5. The molecule has 2 aromatic carbocycles. The standard InChI is InChI=1S/C17H18ClNO/c1-11(19)16-8-7-15(10-17(16)18)20-14-6-5-12-3-2-4-13(12)9-14/h5-11H,2-4,19H2,1H3. The molecule has 0 aliphatic heterocycles. The van der Waals surface area contributed by atoms with Crippen molar-refractivity contribution in [2.75, 3.05) is 0 Å². The van der Waals surface area contributed by atoms with Crippen LogP contribution in [0.4, 0.5) is 0 Å². The Morgan fingerprint density at radius 2 is 1.75 bits per heavy atom. The van der Waals surface area contributed by atoms with Crippen LogP contribution in [-0.4, -0.2) is 0 Å². The Hall–Kier alpha value is -1.51. The van der Waals surface area contributed by atoms with Crippen LogP contribution in [0.25, 0.3) is 0 Å². The van der Waals surface area contributed by atoms with E-state index in [2.05, 4.69) is 12.1 Å². The molecule has 104 valence electrons. The molecule has 1 unspecified atom stereocenters. The zero-order valence-electron chi connectivity index (χ0n) is 11.5. The molecule has 0 saturated carbocycles. The van der Waals surface area contributed by atoms with E-state index < -0.39 is 0 Å². The molecule has 1 aliphatic rings. The molecular weight excluding hydrogens is 270 g/mol. The van der Waals surface area contributed by atoms with Gasteiger partial charge in [0.25, 0.3) is 0 Å². The maximum atomic E-state index is 6.22. The molecule has 2 aromatic rings. The van der Waals surface area contributed by atoms with Gasteiger partial charge in [-0.05, 0) is 67.1 Å². The van der Waals surface area contributed by atoms with E-state index >= 15 is 0 Å². The number of fused-ring (bicyclic) bond motifs is 1. The van der Waals surface area contributed by atoms with Crippen molar-refractivity contribution in [2.24, 2.45) is 5.73 Å². The Morgan fingerprint density at radius 3 is 2.50 bits per heavy atom. The highest BCUT2D eigenvalue weighted by Gasteiger charge is 2.12. The summed E-state index contributed by atoms with van der Waals surface area (Å²) in [5, 5.41) is 0.652. The molecule has 0 amide bonds. The molecule has 0 heterocycles. The first-order valence-corrected chi connectivity index (χ1v) is 7.36. The lowest BCUT2D eigenvalue weighted by molar-refractivity contribution is 0.481. The van der Waals surface area contributed by atoms with Crippen LogP contribution in [0.3, 0.4) is 0 Å². The summed E-state index contributed by atoms with van der Waals surface area (Å²) in [5.74, 6) is 1.62. The topological polar surface area (TPSA) is 35.2 Å². The van der Waals surface area contributed by atoms with Crippen LogP contribution in [0.15, 0.2) is 36.4 Å². The van der Waals surface area contributed by atoms with Crippen molar-refractivity contribution in [2.45, 2.75) is 32.2 Å². The van der Waals surface area contributed by atoms with Gasteiger partial charge in [0.15, 0.2) is 0 Å². The zero-order valence-corrected chi connectivity index (χ0v) is 12.3. The molecule has 0 fully saturated rings. The third kappa shape index (κ3) is 2.67. The van der Waals surface area contributed by atoms with Gasteiger partial charge >= 0.3 is 0 Å². The number of hydrogen-bond donors (Lipinski definition) is 1. The van der Waals surface area contributed by atoms with Crippen molar-refractivity contribution in [1.82, 2.24) is 0 Å². The molecule has 0 bridgehead atoms. The summed E-state index contributed by atoms with van der Waals surface area (Å²) < 4.78 is 5.89. The normalized spacial score (nSPS) is 14.9. The first-order chi connectivity index (χ1) is 9.63. The molecular formula is C17H18ClNO. The van der Waals surface area contributed by atoms with Gasteiger partial charge < -0.3 is 10.5 Å². The lowest BCUT2D eigenvalue weighted by Gasteiger charge is -2.11. The quantitative estimate of drug-likeness (QED) is 0.892. The Bertz CT molecular complexity index is 637. The summed E-state index contributed by atoms with van der Waals surface area (Å²) in [6, 6.07) is 11.9. The summed E-state index contributed by atoms with van der Waals surface area (Å²) in [5.41, 5.74) is 9.64. The van der Waals surface area contributed by atoms with Gasteiger partial charge in [-0.2, -0.15) is 0 Å². The minimum Gasteiger partial charge on any atom is -0.457 e. The van der Waals surface area contributed by atoms with Gasteiger partial charge in [-0.25, -0.2) is 0 Å². The Kier molecular flexibility index (Phi) is 3.68. The lowest BCUT2D eigenvalue weighted by atomic mass is 10.1. The number of benzene rings is 2. The maximum Gasteiger partial charge on any atom is 0.128 e. The zero-order chi connectivity index (χ0) is 14.1. The summed E-state index contributed by atoms with van der Waals surface area (Å²) in [6.07, 6.45) is 3.58. The molecule has 0 spiro atoms. The van der Waals surface area contributed by atoms with Gasteiger partial charge in [0.2, 0.25) is 0 Å². The van der Waals surface area contributed by atoms with Crippen molar-refractivity contribution in [1.29, 1.82) is 0 Å². The Balaban J connectivity index is 1.83. The van der Waals surface area contributed by atoms with Gasteiger partial charge in [-0.1, -0.05) is 23.7 Å². The second-order valence-corrected chi connectivity index (χ2v) is 5.77. The lowest BCUT2D eigenvalue weighted by Crippen LogP contribution is -2.05. The predicted octanol–water partition coefficient (Wildman–Crippen LogP) is 4.64. The molecule has 3 rings (SSSR count). The summed E-state index contributed by atoms with van der Waals surface area (Å²) in [7, 11) is 0. The van der Waals surface area contributed by atoms with Crippen LogP contribution in [0.1, 0.15) is 36.1 Å². The van der Waals surface area contributed by atoms with Gasteiger partial charge in [0, 0.05) is 11.1 Å². The second-order valence-electron chi connectivity index (χ2n) is 5.36. The van der Waals surface area contributed by atoms with E-state index in [4.69, 9.17) is 22.1 Å². The number of halogens is 1. The van der Waals surface area contributed by atoms with E-state index in [1.165, 1.54) is 24.0 Å². The highest BCUT2D eigenvalue weighted by Crippen LogP contribution is 2.31. The van der Waals surface area contributed by atoms with E-state index in [0.717, 1.165) is 23.5 Å². The van der Waals surface area contributed by atoms with Crippen LogP contribution in [0.2, 0.25) is 5.02 Å². The average Bonchev–Trinajstić information content (AvgIpc) is 2.85. The van der Waals surface area contributed by atoms with Crippen LogP contribution < -0.4 is 10.5 Å². The fraction of sp³-hybridized carbons (Fsp3) is 0.294. The predicted molar refractivity (Wildman–Crippen MR) is 82.6 cm³/mol. The minimum atomic E-state index is -0.0726.